The van der Waals surface area contributed by atoms with E-state index in [2.05, 4.69) is 15.2 Å². The molecule has 106 valence electrons. The van der Waals surface area contributed by atoms with Gasteiger partial charge in [-0.05, 0) is 18.6 Å². The lowest BCUT2D eigenvalue weighted by Gasteiger charge is -2.34. The lowest BCUT2D eigenvalue weighted by Crippen LogP contribution is -2.47. The summed E-state index contributed by atoms with van der Waals surface area (Å²) in [5.74, 6) is -0.362. The molecule has 2 aromatic rings. The number of hydrogen-bond donors (Lipinski definition) is 3. The molecule has 0 bridgehead atoms. The zero-order valence-corrected chi connectivity index (χ0v) is 10.9. The highest BCUT2D eigenvalue weighted by atomic mass is 16.3. The summed E-state index contributed by atoms with van der Waals surface area (Å²) in [5.41, 5.74) is 0.901. The second kappa shape index (κ2) is 5.18. The number of nitrogens with zero attached hydrogens (tertiary/aromatic N) is 3. The van der Waals surface area contributed by atoms with Gasteiger partial charge in [0, 0.05) is 31.0 Å². The lowest BCUT2D eigenvalue weighted by molar-refractivity contribution is 0.000674. The van der Waals surface area contributed by atoms with E-state index in [0.29, 0.717) is 24.3 Å². The Morgan fingerprint density at radius 2 is 2.35 bits per heavy atom. The predicted octanol–water partition coefficient (Wildman–Crippen LogP) is -0.227. The fourth-order valence-electron chi connectivity index (χ4n) is 2.49. The van der Waals surface area contributed by atoms with Crippen LogP contribution in [0.1, 0.15) is 16.9 Å². The van der Waals surface area contributed by atoms with Crippen LogP contribution in [0.3, 0.4) is 0 Å². The number of piperidine rings is 1. The van der Waals surface area contributed by atoms with Gasteiger partial charge in [-0.3, -0.25) is 9.89 Å². The minimum atomic E-state index is -0.686. The molecule has 3 heterocycles. The van der Waals surface area contributed by atoms with Crippen LogP contribution in [-0.2, 0) is 0 Å². The first-order valence-corrected chi connectivity index (χ1v) is 6.57. The number of aromatic nitrogens is 3. The molecular weight excluding hydrogens is 260 g/mol. The Hall–Kier alpha value is -1.99. The summed E-state index contributed by atoms with van der Waals surface area (Å²) in [6.07, 6.45) is 1.55. The second-order valence-electron chi connectivity index (χ2n) is 5.05. The molecule has 0 spiro atoms. The molecule has 3 N–H and O–H groups in total. The Kier molecular flexibility index (Phi) is 3.37. The molecule has 7 heteroatoms. The number of hydrogen-bond acceptors (Lipinski definition) is 5. The van der Waals surface area contributed by atoms with E-state index in [-0.39, 0.29) is 25.0 Å². The topological polar surface area (TPSA) is 102 Å². The normalized spacial score (nSPS) is 23.2. The molecule has 1 aliphatic heterocycles. The van der Waals surface area contributed by atoms with Crippen LogP contribution >= 0.6 is 0 Å². The Balaban J connectivity index is 1.78. The zero-order chi connectivity index (χ0) is 14.1. The third kappa shape index (κ3) is 2.25. The quantitative estimate of drug-likeness (QED) is 0.703. The SMILES string of the molecule is O=C(c1ccc2cn[nH]c2n1)N1CC[C@H](CO)[C@@H](O)C1. The number of likely N-dealkylation sites (tertiary alicyclic amines) is 1. The molecule has 3 rings (SSSR count). The molecule has 7 nitrogen and oxygen atoms in total. The van der Waals surface area contributed by atoms with E-state index in [1.54, 1.807) is 23.2 Å². The van der Waals surface area contributed by atoms with Crippen LogP contribution in [-0.4, -0.2) is 62.0 Å². The van der Waals surface area contributed by atoms with E-state index >= 15 is 0 Å². The summed E-state index contributed by atoms with van der Waals surface area (Å²) < 4.78 is 0. The highest BCUT2D eigenvalue weighted by molar-refractivity contribution is 5.94. The molecule has 1 amide bonds. The number of nitrogens with one attached hydrogen (secondary N) is 1. The number of aromatic amines is 1. The Bertz CT molecular complexity index is 627. The van der Waals surface area contributed by atoms with Crippen molar-refractivity contribution in [2.45, 2.75) is 12.5 Å². The van der Waals surface area contributed by atoms with Crippen LogP contribution in [0.25, 0.3) is 11.0 Å². The van der Waals surface area contributed by atoms with Crippen molar-refractivity contribution in [3.63, 3.8) is 0 Å². The van der Waals surface area contributed by atoms with Gasteiger partial charge in [-0.1, -0.05) is 0 Å². The van der Waals surface area contributed by atoms with Gasteiger partial charge >= 0.3 is 0 Å². The van der Waals surface area contributed by atoms with Crippen LogP contribution in [0.4, 0.5) is 0 Å². The molecule has 0 aromatic carbocycles. The molecule has 0 aliphatic carbocycles. The highest BCUT2D eigenvalue weighted by Gasteiger charge is 2.30. The van der Waals surface area contributed by atoms with Crippen LogP contribution in [0.15, 0.2) is 18.3 Å². The van der Waals surface area contributed by atoms with Gasteiger partial charge in [-0.2, -0.15) is 5.10 Å². The van der Waals surface area contributed by atoms with Crippen LogP contribution in [0, 0.1) is 5.92 Å². The molecule has 20 heavy (non-hydrogen) atoms. The van der Waals surface area contributed by atoms with Gasteiger partial charge in [0.2, 0.25) is 0 Å². The number of rotatable bonds is 2. The van der Waals surface area contributed by atoms with E-state index in [1.807, 2.05) is 0 Å². The molecule has 2 aromatic heterocycles. The van der Waals surface area contributed by atoms with Gasteiger partial charge < -0.3 is 15.1 Å². The number of amides is 1. The van der Waals surface area contributed by atoms with Crippen molar-refractivity contribution in [2.24, 2.45) is 5.92 Å². The fourth-order valence-corrected chi connectivity index (χ4v) is 2.49. The third-order valence-electron chi connectivity index (χ3n) is 3.76. The monoisotopic (exact) mass is 276 g/mol. The van der Waals surface area contributed by atoms with Crippen LogP contribution < -0.4 is 0 Å². The first-order chi connectivity index (χ1) is 9.69. The Morgan fingerprint density at radius 1 is 1.50 bits per heavy atom. The van der Waals surface area contributed by atoms with Crippen LogP contribution in [0.2, 0.25) is 0 Å². The average molecular weight is 276 g/mol. The molecule has 0 saturated carbocycles. The minimum absolute atomic E-state index is 0.0540. The summed E-state index contributed by atoms with van der Waals surface area (Å²) in [6.45, 7) is 0.693. The molecular formula is C13H16N4O3. The lowest BCUT2D eigenvalue weighted by atomic mass is 9.94. The smallest absolute Gasteiger partial charge is 0.272 e. The number of pyridine rings is 1. The van der Waals surface area contributed by atoms with Crippen molar-refractivity contribution in [1.82, 2.24) is 20.1 Å². The van der Waals surface area contributed by atoms with Crippen molar-refractivity contribution >= 4 is 16.9 Å². The highest BCUT2D eigenvalue weighted by Crippen LogP contribution is 2.19. The number of aliphatic hydroxyl groups is 2. The van der Waals surface area contributed by atoms with E-state index in [9.17, 15) is 9.90 Å². The van der Waals surface area contributed by atoms with Gasteiger partial charge in [0.05, 0.1) is 12.3 Å². The summed E-state index contributed by atoms with van der Waals surface area (Å²) in [5, 5.41) is 26.4. The summed E-state index contributed by atoms with van der Waals surface area (Å²) >= 11 is 0. The van der Waals surface area contributed by atoms with Crippen LogP contribution in [0.5, 0.6) is 0 Å². The number of fused-ring (bicyclic) bond motifs is 1. The average Bonchev–Trinajstić information content (AvgIpc) is 2.93. The summed E-state index contributed by atoms with van der Waals surface area (Å²) in [7, 11) is 0. The van der Waals surface area contributed by atoms with Crippen molar-refractivity contribution in [1.29, 1.82) is 0 Å². The molecule has 0 radical (unpaired) electrons. The fraction of sp³-hybridized carbons (Fsp3) is 0.462. The van der Waals surface area contributed by atoms with E-state index < -0.39 is 6.10 Å². The summed E-state index contributed by atoms with van der Waals surface area (Å²) in [6, 6.07) is 3.45. The first-order valence-electron chi connectivity index (χ1n) is 6.57. The first kappa shape index (κ1) is 13.0. The third-order valence-corrected chi connectivity index (χ3v) is 3.76. The molecule has 2 atom stereocenters. The minimum Gasteiger partial charge on any atom is -0.396 e. The maximum Gasteiger partial charge on any atom is 0.272 e. The number of H-pyrrole nitrogens is 1. The Labute approximate surface area is 115 Å². The number of aliphatic hydroxyl groups excluding tert-OH is 2. The maximum absolute atomic E-state index is 12.4. The van der Waals surface area contributed by atoms with E-state index in [4.69, 9.17) is 5.11 Å². The standard InChI is InChI=1S/C13H16N4O3/c18-7-9-3-4-17(6-11(9)19)13(20)10-2-1-8-5-14-16-12(8)15-10/h1-2,5,9,11,18-19H,3-4,6-7H2,(H,14,15,16)/t9-,11+/m1/s1. The van der Waals surface area contributed by atoms with Gasteiger partial charge in [-0.25, -0.2) is 4.98 Å². The number of carbonyl (C=O) groups is 1. The van der Waals surface area contributed by atoms with Crippen molar-refractivity contribution < 1.29 is 15.0 Å². The Morgan fingerprint density at radius 3 is 3.10 bits per heavy atom. The van der Waals surface area contributed by atoms with Crippen molar-refractivity contribution in [2.75, 3.05) is 19.7 Å². The van der Waals surface area contributed by atoms with Gasteiger partial charge in [-0.15, -0.1) is 0 Å². The van der Waals surface area contributed by atoms with E-state index in [1.165, 1.54) is 0 Å². The van der Waals surface area contributed by atoms with E-state index in [0.717, 1.165) is 5.39 Å². The maximum atomic E-state index is 12.4. The number of carbonyl (C=O) groups excluding carboxylic acids is 1. The molecule has 0 unspecified atom stereocenters. The predicted molar refractivity (Wildman–Crippen MR) is 71.0 cm³/mol. The largest absolute Gasteiger partial charge is 0.396 e. The van der Waals surface area contributed by atoms with Crippen molar-refractivity contribution in [3.8, 4) is 0 Å². The van der Waals surface area contributed by atoms with Crippen molar-refractivity contribution in [3.05, 3.63) is 24.0 Å². The van der Waals surface area contributed by atoms with Gasteiger partial charge in [0.1, 0.15) is 5.69 Å². The zero-order valence-electron chi connectivity index (χ0n) is 10.9. The molecule has 1 aliphatic rings. The number of β-amino-alcohol motifs (C(OH)–C–C–N with tert-alkyl or cyclic N) is 1. The summed E-state index contributed by atoms with van der Waals surface area (Å²) in [4.78, 5) is 18.2. The second-order valence-corrected chi connectivity index (χ2v) is 5.05. The molecule has 1 saturated heterocycles. The molecule has 1 fully saturated rings. The van der Waals surface area contributed by atoms with Gasteiger partial charge in [0.15, 0.2) is 5.65 Å². The van der Waals surface area contributed by atoms with Gasteiger partial charge in [0.25, 0.3) is 5.91 Å².